The Morgan fingerprint density at radius 1 is 0.271 bits per heavy atom. The highest BCUT2D eigenvalue weighted by atomic mass is 17.2. The molecule has 6 rings (SSSR count). The van der Waals surface area contributed by atoms with Gasteiger partial charge < -0.3 is 123 Å². The fourth-order valence-corrected chi connectivity index (χ4v) is 11.6. The van der Waals surface area contributed by atoms with E-state index < -0.39 is 0 Å². The minimum atomic E-state index is -0.128. The SMILES string of the molecule is C=C.CC(C)OC1CCC(OC(C)C)CC1.CC(C)OCCOC(C)C.CC(C)OCCOc1cc(OCCOC(C)C)cc(OCCOC(C)C)c1.CC(C)OCCOc1ccc(C(C)(C)c2ccc(OOC(C)C)cc2)cc1.CC(C)OCCOc1cccc(OCCOC(C)C)c1.CC(C)OCCOc1cocc1OCCOC(C)C.CC(C)OCOC(C)C.CCC(COC(C)C)OC(C)C. The maximum Gasteiger partial charge on any atom is 0.199 e. The van der Waals surface area contributed by atoms with Crippen molar-refractivity contribution >= 4 is 0 Å². The zero-order valence-corrected chi connectivity index (χ0v) is 94.5. The first kappa shape index (κ1) is 138. The molecule has 140 heavy (non-hydrogen) atoms. The van der Waals surface area contributed by atoms with Gasteiger partial charge in [-0.15, -0.1) is 13.2 Å². The topological polar surface area (TPSA) is 253 Å². The molecule has 1 aliphatic carbocycles. The summed E-state index contributed by atoms with van der Waals surface area (Å²) in [5.41, 5.74) is 2.30. The molecule has 1 atom stereocenters. The van der Waals surface area contributed by atoms with E-state index in [2.05, 4.69) is 99.7 Å². The van der Waals surface area contributed by atoms with Crippen molar-refractivity contribution < 1.29 is 128 Å². The van der Waals surface area contributed by atoms with Crippen LogP contribution in [0.1, 0.15) is 299 Å². The summed E-state index contributed by atoms with van der Waals surface area (Å²) in [6.45, 7) is 92.1. The summed E-state index contributed by atoms with van der Waals surface area (Å²) < 4.78 is 138. The van der Waals surface area contributed by atoms with Crippen molar-refractivity contribution in [2.24, 2.45) is 0 Å². The van der Waals surface area contributed by atoms with Gasteiger partial charge in [-0.25, -0.2) is 0 Å². The molecule has 1 heterocycles. The van der Waals surface area contributed by atoms with Gasteiger partial charge in [-0.2, -0.15) is 4.89 Å². The third-order valence-electron chi connectivity index (χ3n) is 18.0. The first-order valence-electron chi connectivity index (χ1n) is 51.6. The van der Waals surface area contributed by atoms with Crippen molar-refractivity contribution in [3.05, 3.63) is 128 Å². The summed E-state index contributed by atoms with van der Waals surface area (Å²) >= 11 is 0. The average molecular weight is 1990 g/mol. The highest BCUT2D eigenvalue weighted by molar-refractivity contribution is 5.43. The Hall–Kier alpha value is -6.58. The number of benzene rings is 4. The van der Waals surface area contributed by atoms with Crippen LogP contribution in [0.25, 0.3) is 0 Å². The molecular weight excluding hydrogens is 1790 g/mol. The van der Waals surface area contributed by atoms with E-state index in [1.807, 2.05) is 261 Å². The Kier molecular flexibility index (Phi) is 86.2. The minimum Gasteiger partial charge on any atom is -0.491 e. The molecule has 27 nitrogen and oxygen atoms in total. The van der Waals surface area contributed by atoms with Crippen molar-refractivity contribution in [1.29, 1.82) is 0 Å². The second kappa shape index (κ2) is 87.8. The lowest BCUT2D eigenvalue weighted by Crippen LogP contribution is -2.29. The zero-order chi connectivity index (χ0) is 106. The Balaban J connectivity index is -0.00000157. The summed E-state index contributed by atoms with van der Waals surface area (Å²) in [5.74, 6) is 6.39. The number of rotatable bonds is 64. The van der Waals surface area contributed by atoms with Crippen LogP contribution in [0.3, 0.4) is 0 Å². The van der Waals surface area contributed by atoms with E-state index in [0.29, 0.717) is 216 Å². The van der Waals surface area contributed by atoms with E-state index in [1.54, 1.807) is 0 Å². The summed E-state index contributed by atoms with van der Waals surface area (Å²) in [6, 6.07) is 29.4. The number of hydrogen-bond donors (Lipinski definition) is 0. The molecule has 0 N–H and O–H groups in total. The van der Waals surface area contributed by atoms with Crippen LogP contribution in [-0.4, -0.2) is 254 Å². The fraction of sp³-hybridized carbons (Fsp3) is 0.735. The molecule has 1 fully saturated rings. The molecule has 27 heteroatoms. The standard InChI is InChI=1S/C23H32O4.C21H36O6.C16H26O4.C14H24O5.C12H24O2.C10H22O2.C8H18O2.C7H16O2.C2H4/c1-17(2)24-15-16-25-21-11-7-19(8-12-21)23(5,6)20-9-13-22(14-10-20)27-26-18(3)4;1-16(2)22-7-10-25-19-13-20(26-11-8-23-17(3)4)15-21(14-19)27-12-9-24-18(5)6;1-13(2)17-8-10-19-15-6-5-7-16(12-15)20-11-9-18-14(3)4;1-11(2)16-5-7-18-13-9-15-10-14(13)19-8-6-17-12(3)4;1-9(2)13-11-5-7-12(8-6-11)14-10(3)4;1-6-10(12-9(4)5)7-11-8(2)3;1-7(2)9-5-6-10-8(3)4;1-6(2)8-5-9-7(3)4;1-2/h7-14,17-18H,15-16H2,1-6H3;13-18H,7-12H2,1-6H3;5-7,12-14H,8-11H2,1-4H3;9-12H,5-8H2,1-4H3;9-12H,5-8H2,1-4H3;8-10H,6-7H2,1-5H3;7-8H,5-6H2,1-4H3;6-7H,5H2,1-4H3;1-2H2. The molecule has 1 aliphatic rings. The van der Waals surface area contributed by atoms with Crippen LogP contribution in [-0.2, 0) is 86.1 Å². The number of furan rings is 1. The molecule has 0 amide bonds. The molecule has 1 aromatic heterocycles. The van der Waals surface area contributed by atoms with Crippen molar-refractivity contribution in [1.82, 2.24) is 0 Å². The second-order valence-electron chi connectivity index (χ2n) is 38.0. The van der Waals surface area contributed by atoms with Gasteiger partial charge in [0.15, 0.2) is 17.2 Å². The van der Waals surface area contributed by atoms with Crippen LogP contribution in [0.15, 0.2) is 121 Å². The van der Waals surface area contributed by atoms with Crippen molar-refractivity contribution in [3.8, 4) is 51.7 Å². The first-order valence-corrected chi connectivity index (χ1v) is 51.6. The van der Waals surface area contributed by atoms with Crippen molar-refractivity contribution in [2.45, 2.75) is 416 Å². The van der Waals surface area contributed by atoms with Gasteiger partial charge in [0.25, 0.3) is 0 Å². The van der Waals surface area contributed by atoms with E-state index in [4.69, 9.17) is 128 Å². The maximum absolute atomic E-state index is 5.79. The van der Waals surface area contributed by atoms with Gasteiger partial charge in [0.2, 0.25) is 0 Å². The zero-order valence-electron chi connectivity index (χ0n) is 94.5. The largest absolute Gasteiger partial charge is 0.491 e. The van der Waals surface area contributed by atoms with Crippen LogP contribution in [0, 0.1) is 0 Å². The average Bonchev–Trinajstić information content (AvgIpc) is 0.873. The monoisotopic (exact) mass is 1990 g/mol. The van der Waals surface area contributed by atoms with Crippen LogP contribution in [0.5, 0.6) is 51.7 Å². The second-order valence-corrected chi connectivity index (χ2v) is 38.0. The van der Waals surface area contributed by atoms with Gasteiger partial charge >= 0.3 is 0 Å². The highest BCUT2D eigenvalue weighted by Gasteiger charge is 2.26. The highest BCUT2D eigenvalue weighted by Crippen LogP contribution is 2.35. The molecule has 1 saturated carbocycles. The van der Waals surface area contributed by atoms with Crippen LogP contribution in [0.4, 0.5) is 0 Å². The Bertz CT molecular complexity index is 3310. The fourth-order valence-electron chi connectivity index (χ4n) is 11.6. The molecule has 0 bridgehead atoms. The van der Waals surface area contributed by atoms with Gasteiger partial charge in [-0.05, 0) is 315 Å². The van der Waals surface area contributed by atoms with Crippen molar-refractivity contribution in [2.75, 3.05) is 132 Å². The normalized spacial score (nSPS) is 13.3. The number of ether oxygens (including phenoxy) is 24. The van der Waals surface area contributed by atoms with Crippen LogP contribution >= 0.6 is 0 Å². The van der Waals surface area contributed by atoms with Gasteiger partial charge in [0.05, 0.1) is 195 Å². The molecule has 0 radical (unpaired) electrons. The molecule has 0 saturated heterocycles. The lowest BCUT2D eigenvalue weighted by atomic mass is 9.78. The summed E-state index contributed by atoms with van der Waals surface area (Å²) in [4.78, 5) is 10.5. The summed E-state index contributed by atoms with van der Waals surface area (Å²) in [7, 11) is 0. The summed E-state index contributed by atoms with van der Waals surface area (Å²) in [5, 5.41) is 0. The third kappa shape index (κ3) is 86.9. The van der Waals surface area contributed by atoms with Crippen LogP contribution < -0.4 is 42.8 Å². The smallest absolute Gasteiger partial charge is 0.199 e. The van der Waals surface area contributed by atoms with Gasteiger partial charge in [0, 0.05) is 29.7 Å². The van der Waals surface area contributed by atoms with E-state index in [9.17, 15) is 0 Å². The van der Waals surface area contributed by atoms with Crippen LogP contribution in [0.2, 0.25) is 0 Å². The van der Waals surface area contributed by atoms with E-state index in [1.165, 1.54) is 23.7 Å². The van der Waals surface area contributed by atoms with Gasteiger partial charge in [-0.3, -0.25) is 0 Å². The molecule has 1 unspecified atom stereocenters. The lowest BCUT2D eigenvalue weighted by Gasteiger charge is -2.30. The van der Waals surface area contributed by atoms with E-state index in [-0.39, 0.29) is 78.7 Å². The third-order valence-corrected chi connectivity index (χ3v) is 18.0. The predicted octanol–water partition coefficient (Wildman–Crippen LogP) is 26.0. The summed E-state index contributed by atoms with van der Waals surface area (Å²) in [6.07, 6.45) is 14.1. The van der Waals surface area contributed by atoms with E-state index in [0.717, 1.165) is 49.4 Å². The Morgan fingerprint density at radius 2 is 0.521 bits per heavy atom. The van der Waals surface area contributed by atoms with Crippen molar-refractivity contribution in [3.63, 3.8) is 0 Å². The number of hydrogen-bond acceptors (Lipinski definition) is 27. The molecular formula is C113H202O27. The Morgan fingerprint density at radius 3 is 0.779 bits per heavy atom. The molecule has 0 spiro atoms. The van der Waals surface area contributed by atoms with Gasteiger partial charge in [-0.1, -0.05) is 51.1 Å². The first-order chi connectivity index (χ1) is 66.2. The lowest BCUT2D eigenvalue weighted by molar-refractivity contribution is -0.234. The molecule has 0 aliphatic heterocycles. The van der Waals surface area contributed by atoms with E-state index >= 15 is 0 Å². The Labute approximate surface area is 851 Å². The van der Waals surface area contributed by atoms with Gasteiger partial charge in [0.1, 0.15) is 107 Å². The molecule has 5 aromatic rings. The molecule has 4 aromatic carbocycles. The predicted molar refractivity (Wildman–Crippen MR) is 567 cm³/mol. The minimum absolute atomic E-state index is 0.0267. The quantitative estimate of drug-likeness (QED) is 0.0115. The molecule has 816 valence electrons. The maximum atomic E-state index is 5.79.